The van der Waals surface area contributed by atoms with Crippen molar-refractivity contribution < 1.29 is 13.6 Å². The summed E-state index contributed by atoms with van der Waals surface area (Å²) >= 11 is 5.80. The molecule has 0 spiro atoms. The van der Waals surface area contributed by atoms with Crippen molar-refractivity contribution >= 4 is 28.5 Å². The van der Waals surface area contributed by atoms with Crippen LogP contribution in [0.5, 0.6) is 0 Å². The van der Waals surface area contributed by atoms with Gasteiger partial charge in [0, 0.05) is 16.7 Å². The predicted octanol–water partition coefficient (Wildman–Crippen LogP) is 2.79. The Morgan fingerprint density at radius 3 is 2.57 bits per heavy atom. The summed E-state index contributed by atoms with van der Waals surface area (Å²) in [7, 11) is 0. The van der Waals surface area contributed by atoms with Gasteiger partial charge in [0.15, 0.2) is 22.8 Å². The highest BCUT2D eigenvalue weighted by Gasteiger charge is 2.17. The third-order valence-corrected chi connectivity index (χ3v) is 4.30. The molecule has 0 saturated carbocycles. The summed E-state index contributed by atoms with van der Waals surface area (Å²) in [6.07, 6.45) is 1.15. The molecule has 0 amide bonds. The number of hydrogen-bond acceptors (Lipinski definition) is 5. The van der Waals surface area contributed by atoms with Crippen LogP contribution >= 0.6 is 11.6 Å². The lowest BCUT2D eigenvalue weighted by Crippen LogP contribution is -2.25. The summed E-state index contributed by atoms with van der Waals surface area (Å²) in [5.41, 5.74) is -0.485. The first kappa shape index (κ1) is 17.9. The third-order valence-electron chi connectivity index (χ3n) is 4.05. The Morgan fingerprint density at radius 2 is 1.86 bits per heavy atom. The maximum Gasteiger partial charge on any atom is 0.283 e. The summed E-state index contributed by atoms with van der Waals surface area (Å²) < 4.78 is 29.2. The zero-order valence-electron chi connectivity index (χ0n) is 14.0. The second-order valence-corrected chi connectivity index (χ2v) is 6.31. The number of benzene rings is 2. The van der Waals surface area contributed by atoms with E-state index < -0.39 is 17.2 Å². The van der Waals surface area contributed by atoms with Gasteiger partial charge in [0.1, 0.15) is 17.8 Å². The van der Waals surface area contributed by atoms with Gasteiger partial charge in [-0.25, -0.2) is 13.8 Å². The van der Waals surface area contributed by atoms with Gasteiger partial charge in [-0.15, -0.1) is 5.10 Å². The van der Waals surface area contributed by atoms with Crippen molar-refractivity contribution in [1.29, 1.82) is 0 Å². The molecule has 2 aromatic carbocycles. The number of carbonyl (C=O) groups excluding carboxylic acids is 1. The Labute approximate surface area is 160 Å². The van der Waals surface area contributed by atoms with Crippen LogP contribution in [-0.4, -0.2) is 30.3 Å². The van der Waals surface area contributed by atoms with E-state index in [0.29, 0.717) is 16.7 Å². The van der Waals surface area contributed by atoms with Gasteiger partial charge in [-0.05, 0) is 36.4 Å². The summed E-state index contributed by atoms with van der Waals surface area (Å²) in [5.74, 6) is -1.95. The number of halogens is 3. The highest BCUT2D eigenvalue weighted by Crippen LogP contribution is 2.17. The molecule has 0 atom stereocenters. The number of fused-ring (bicyclic) bond motifs is 1. The first-order valence-corrected chi connectivity index (χ1v) is 8.37. The van der Waals surface area contributed by atoms with Crippen LogP contribution in [0.1, 0.15) is 10.4 Å². The molecule has 0 radical (unpaired) electrons. The average molecular weight is 402 g/mol. The van der Waals surface area contributed by atoms with E-state index in [1.165, 1.54) is 0 Å². The molecule has 4 rings (SSSR count). The van der Waals surface area contributed by atoms with Crippen molar-refractivity contribution in [2.45, 2.75) is 6.54 Å². The van der Waals surface area contributed by atoms with Gasteiger partial charge in [0.25, 0.3) is 5.56 Å². The second-order valence-electron chi connectivity index (χ2n) is 5.88. The van der Waals surface area contributed by atoms with E-state index in [2.05, 4.69) is 15.3 Å². The molecule has 10 heteroatoms. The van der Waals surface area contributed by atoms with Crippen molar-refractivity contribution in [1.82, 2.24) is 24.5 Å². The van der Waals surface area contributed by atoms with E-state index in [4.69, 9.17) is 11.6 Å². The molecule has 0 aliphatic carbocycles. The highest BCUT2D eigenvalue weighted by atomic mass is 35.5. The number of Topliss-reactive ketones (excluding diaryl/α,β-unsaturated/α-hetero) is 1. The van der Waals surface area contributed by atoms with Gasteiger partial charge >= 0.3 is 0 Å². The van der Waals surface area contributed by atoms with Gasteiger partial charge in [-0.3, -0.25) is 14.2 Å². The number of nitrogens with zero attached hydrogens (tertiary/aromatic N) is 5. The van der Waals surface area contributed by atoms with Gasteiger partial charge in [-0.2, -0.15) is 4.68 Å². The molecule has 2 heterocycles. The predicted molar refractivity (Wildman–Crippen MR) is 96.6 cm³/mol. The third kappa shape index (κ3) is 3.16. The summed E-state index contributed by atoms with van der Waals surface area (Å²) in [6.45, 7) is -0.263. The van der Waals surface area contributed by atoms with Crippen LogP contribution in [0.25, 0.3) is 16.9 Å². The minimum absolute atomic E-state index is 0.00861. The van der Waals surface area contributed by atoms with E-state index in [1.54, 1.807) is 24.3 Å². The Kier molecular flexibility index (Phi) is 4.44. The second kappa shape index (κ2) is 6.93. The lowest BCUT2D eigenvalue weighted by Gasteiger charge is -2.06. The van der Waals surface area contributed by atoms with Crippen LogP contribution in [0.15, 0.2) is 53.6 Å². The summed E-state index contributed by atoms with van der Waals surface area (Å²) in [5, 5.41) is 7.96. The Hall–Kier alpha value is -3.46. The van der Waals surface area contributed by atoms with E-state index in [-0.39, 0.29) is 29.2 Å². The fourth-order valence-corrected chi connectivity index (χ4v) is 2.78. The van der Waals surface area contributed by atoms with Crippen molar-refractivity contribution in [2.24, 2.45) is 0 Å². The maximum atomic E-state index is 14.0. The molecule has 0 bridgehead atoms. The molecule has 0 fully saturated rings. The topological polar surface area (TPSA) is 82.7 Å². The Morgan fingerprint density at radius 1 is 1.11 bits per heavy atom. The fourth-order valence-electron chi connectivity index (χ4n) is 2.65. The van der Waals surface area contributed by atoms with Crippen molar-refractivity contribution in [3.05, 3.63) is 81.4 Å². The lowest BCUT2D eigenvalue weighted by atomic mass is 10.1. The highest BCUT2D eigenvalue weighted by molar-refractivity contribution is 6.30. The average Bonchev–Trinajstić information content (AvgIpc) is 3.09. The number of ketones is 1. The van der Waals surface area contributed by atoms with E-state index in [9.17, 15) is 18.4 Å². The fraction of sp³-hybridized carbons (Fsp3) is 0.0556. The van der Waals surface area contributed by atoms with Gasteiger partial charge in [0.05, 0.1) is 6.54 Å². The van der Waals surface area contributed by atoms with Gasteiger partial charge in [0.2, 0.25) is 0 Å². The number of rotatable bonds is 4. The number of aromatic nitrogens is 5. The normalized spacial score (nSPS) is 11.1. The molecule has 4 aromatic rings. The molecular weight excluding hydrogens is 392 g/mol. The smallest absolute Gasteiger partial charge is 0.283 e. The minimum atomic E-state index is -0.879. The van der Waals surface area contributed by atoms with Crippen molar-refractivity contribution in [2.75, 3.05) is 0 Å². The molecule has 0 aliphatic heterocycles. The zero-order valence-corrected chi connectivity index (χ0v) is 14.8. The van der Waals surface area contributed by atoms with Crippen molar-refractivity contribution in [3.63, 3.8) is 0 Å². The first-order chi connectivity index (χ1) is 13.4. The van der Waals surface area contributed by atoms with Crippen LogP contribution < -0.4 is 5.56 Å². The molecule has 140 valence electrons. The van der Waals surface area contributed by atoms with Gasteiger partial charge in [-0.1, -0.05) is 16.8 Å². The first-order valence-electron chi connectivity index (χ1n) is 7.99. The molecule has 7 nitrogen and oxygen atoms in total. The molecule has 0 N–H and O–H groups in total. The van der Waals surface area contributed by atoms with E-state index >= 15 is 0 Å². The molecule has 0 aliphatic rings. The monoisotopic (exact) mass is 401 g/mol. The van der Waals surface area contributed by atoms with Crippen LogP contribution in [0.4, 0.5) is 8.78 Å². The van der Waals surface area contributed by atoms with Gasteiger partial charge < -0.3 is 0 Å². The standard InChI is InChI=1S/C18H10ClF2N5O2/c19-11-3-1-10(2-4-11)15(27)8-25-9-22-17-16(18(25)28)23-24-26(17)14-6-5-12(20)7-13(14)21/h1-7,9H,8H2. The van der Waals surface area contributed by atoms with Crippen molar-refractivity contribution in [3.8, 4) is 5.69 Å². The Balaban J connectivity index is 1.71. The van der Waals surface area contributed by atoms with Crippen LogP contribution in [0.3, 0.4) is 0 Å². The lowest BCUT2D eigenvalue weighted by molar-refractivity contribution is 0.0970. The van der Waals surface area contributed by atoms with Crippen LogP contribution in [0.2, 0.25) is 5.02 Å². The molecule has 2 aromatic heterocycles. The molecule has 28 heavy (non-hydrogen) atoms. The number of hydrogen-bond donors (Lipinski definition) is 0. The minimum Gasteiger partial charge on any atom is -0.292 e. The molecule has 0 saturated heterocycles. The molecular formula is C18H10ClF2N5O2. The van der Waals surface area contributed by atoms with Crippen LogP contribution in [-0.2, 0) is 6.54 Å². The van der Waals surface area contributed by atoms with E-state index in [0.717, 1.165) is 27.7 Å². The van der Waals surface area contributed by atoms with Crippen LogP contribution in [0, 0.1) is 11.6 Å². The maximum absolute atomic E-state index is 14.0. The summed E-state index contributed by atoms with van der Waals surface area (Å²) in [4.78, 5) is 29.0. The van der Waals surface area contributed by atoms with E-state index in [1.807, 2.05) is 0 Å². The SMILES string of the molecule is O=C(Cn1cnc2c(nnn2-c2ccc(F)cc2F)c1=O)c1ccc(Cl)cc1. The number of carbonyl (C=O) groups is 1. The molecule has 0 unspecified atom stereocenters. The zero-order chi connectivity index (χ0) is 19.8. The quantitative estimate of drug-likeness (QED) is 0.491. The Bertz CT molecular complexity index is 1270. The largest absolute Gasteiger partial charge is 0.292 e. The summed E-state index contributed by atoms with van der Waals surface area (Å²) in [6, 6.07) is 9.15.